The Kier molecular flexibility index (Phi) is 6.24. The van der Waals surface area contributed by atoms with E-state index in [0.29, 0.717) is 48.6 Å². The first-order chi connectivity index (χ1) is 14.7. The van der Waals surface area contributed by atoms with Crippen LogP contribution in [0.15, 0.2) is 60.8 Å². The van der Waals surface area contributed by atoms with E-state index >= 15 is 0 Å². The van der Waals surface area contributed by atoms with Crippen molar-refractivity contribution in [2.45, 2.75) is 0 Å². The van der Waals surface area contributed by atoms with E-state index in [9.17, 15) is 4.79 Å². The highest BCUT2D eigenvalue weighted by Crippen LogP contribution is 2.18. The molecule has 0 bridgehead atoms. The molecule has 1 N–H and O–H groups in total. The molecular weight excluding hydrogens is 404 g/mol. The van der Waals surface area contributed by atoms with Crippen LogP contribution < -0.4 is 15.0 Å². The molecule has 4 rings (SSSR count). The number of nitrogens with zero attached hydrogens (tertiary/aromatic N) is 5. The van der Waals surface area contributed by atoms with Crippen LogP contribution >= 0.6 is 11.6 Å². The van der Waals surface area contributed by atoms with Gasteiger partial charge in [0.1, 0.15) is 11.6 Å². The Labute approximate surface area is 179 Å². The number of hydrogen-bond donors (Lipinski definition) is 1. The number of ether oxygens (including phenoxy) is 1. The highest BCUT2D eigenvalue weighted by molar-refractivity contribution is 6.30. The monoisotopic (exact) mass is 424 g/mol. The van der Waals surface area contributed by atoms with Gasteiger partial charge in [-0.05, 0) is 48.5 Å². The number of carbonyl (C=O) groups is 1. The fourth-order valence-corrected chi connectivity index (χ4v) is 3.21. The van der Waals surface area contributed by atoms with Gasteiger partial charge in [-0.25, -0.2) is 4.98 Å². The summed E-state index contributed by atoms with van der Waals surface area (Å²) in [5, 5.41) is 12.3. The first-order valence-corrected chi connectivity index (χ1v) is 9.98. The van der Waals surface area contributed by atoms with Crippen molar-refractivity contribution >= 4 is 35.0 Å². The molecule has 0 radical (unpaired) electrons. The van der Waals surface area contributed by atoms with Gasteiger partial charge < -0.3 is 19.9 Å². The maximum atomic E-state index is 12.4. The maximum Gasteiger partial charge on any atom is 0.260 e. The van der Waals surface area contributed by atoms with E-state index < -0.39 is 0 Å². The summed E-state index contributed by atoms with van der Waals surface area (Å²) in [5.74, 6) is 2.72. The first-order valence-electron chi connectivity index (χ1n) is 9.60. The normalized spacial score (nSPS) is 13.8. The number of pyridine rings is 1. The van der Waals surface area contributed by atoms with Crippen LogP contribution in [0.1, 0.15) is 0 Å². The van der Waals surface area contributed by atoms with E-state index in [-0.39, 0.29) is 12.5 Å². The smallest absolute Gasteiger partial charge is 0.260 e. The SMILES string of the molecule is O=C(COc1ccc(Cl)cc1)N1CCN(c2ccc(Nc3ccccn3)nn2)CC1. The molecule has 3 aromatic rings. The standard InChI is InChI=1S/C21H21ClN6O2/c22-16-4-6-17(7-5-16)30-15-21(29)28-13-11-27(12-14-28)20-9-8-19(25-26-20)24-18-3-1-2-10-23-18/h1-10H,11-15H2,(H,23,24,25). The molecule has 0 unspecified atom stereocenters. The number of amides is 1. The number of hydrogen-bond acceptors (Lipinski definition) is 7. The third-order valence-corrected chi connectivity index (χ3v) is 4.96. The molecule has 0 saturated carbocycles. The highest BCUT2D eigenvalue weighted by atomic mass is 35.5. The lowest BCUT2D eigenvalue weighted by Crippen LogP contribution is -2.50. The summed E-state index contributed by atoms with van der Waals surface area (Å²) in [7, 11) is 0. The van der Waals surface area contributed by atoms with Crippen molar-refractivity contribution in [3.05, 3.63) is 65.8 Å². The lowest BCUT2D eigenvalue weighted by Gasteiger charge is -2.35. The minimum atomic E-state index is -0.0365. The van der Waals surface area contributed by atoms with Crippen LogP contribution in [0.2, 0.25) is 5.02 Å². The van der Waals surface area contributed by atoms with E-state index in [1.807, 2.05) is 30.3 Å². The number of aromatic nitrogens is 3. The van der Waals surface area contributed by atoms with E-state index in [4.69, 9.17) is 16.3 Å². The Morgan fingerprint density at radius 3 is 2.43 bits per heavy atom. The topological polar surface area (TPSA) is 83.5 Å². The molecule has 2 aromatic heterocycles. The second-order valence-electron chi connectivity index (χ2n) is 6.73. The Balaban J connectivity index is 1.25. The van der Waals surface area contributed by atoms with Crippen molar-refractivity contribution in [2.24, 2.45) is 0 Å². The molecule has 1 amide bonds. The van der Waals surface area contributed by atoms with Crippen molar-refractivity contribution < 1.29 is 9.53 Å². The summed E-state index contributed by atoms with van der Waals surface area (Å²) < 4.78 is 5.55. The van der Waals surface area contributed by atoms with Crippen LogP contribution in [0.25, 0.3) is 0 Å². The minimum absolute atomic E-state index is 0.00925. The van der Waals surface area contributed by atoms with Gasteiger partial charge >= 0.3 is 0 Å². The molecule has 1 aliphatic rings. The average molecular weight is 425 g/mol. The number of halogens is 1. The number of carbonyl (C=O) groups excluding carboxylic acids is 1. The minimum Gasteiger partial charge on any atom is -0.484 e. The molecule has 30 heavy (non-hydrogen) atoms. The number of benzene rings is 1. The largest absolute Gasteiger partial charge is 0.484 e. The molecule has 0 atom stereocenters. The van der Waals surface area contributed by atoms with Gasteiger partial charge in [0.25, 0.3) is 5.91 Å². The molecule has 9 heteroatoms. The number of anilines is 3. The van der Waals surface area contributed by atoms with Gasteiger partial charge in [-0.3, -0.25) is 4.79 Å². The molecule has 154 valence electrons. The van der Waals surface area contributed by atoms with E-state index in [1.165, 1.54) is 0 Å². The lowest BCUT2D eigenvalue weighted by atomic mass is 10.3. The summed E-state index contributed by atoms with van der Waals surface area (Å²) in [6.45, 7) is 2.61. The molecule has 1 fully saturated rings. The van der Waals surface area contributed by atoms with E-state index in [0.717, 1.165) is 5.82 Å². The Morgan fingerprint density at radius 2 is 1.77 bits per heavy atom. The lowest BCUT2D eigenvalue weighted by molar-refractivity contribution is -0.133. The fraction of sp³-hybridized carbons (Fsp3) is 0.238. The number of piperazine rings is 1. The van der Waals surface area contributed by atoms with E-state index in [1.54, 1.807) is 35.4 Å². The zero-order chi connectivity index (χ0) is 20.8. The predicted octanol–water partition coefficient (Wildman–Crippen LogP) is 3.00. The van der Waals surface area contributed by atoms with Gasteiger partial charge in [0, 0.05) is 37.4 Å². The van der Waals surface area contributed by atoms with Crippen molar-refractivity contribution in [2.75, 3.05) is 43.0 Å². The van der Waals surface area contributed by atoms with Crippen molar-refractivity contribution in [1.29, 1.82) is 0 Å². The van der Waals surface area contributed by atoms with Crippen LogP contribution in [-0.2, 0) is 4.79 Å². The van der Waals surface area contributed by atoms with Crippen LogP contribution in [0, 0.1) is 0 Å². The summed E-state index contributed by atoms with van der Waals surface area (Å²) >= 11 is 5.85. The van der Waals surface area contributed by atoms with Crippen molar-refractivity contribution in [3.8, 4) is 5.75 Å². The van der Waals surface area contributed by atoms with Crippen molar-refractivity contribution in [3.63, 3.8) is 0 Å². The molecule has 1 saturated heterocycles. The van der Waals surface area contributed by atoms with Gasteiger partial charge in [-0.1, -0.05) is 17.7 Å². The van der Waals surface area contributed by atoms with Crippen LogP contribution in [-0.4, -0.2) is 58.8 Å². The Hall–Kier alpha value is -3.39. The zero-order valence-corrected chi connectivity index (χ0v) is 17.0. The first kappa shape index (κ1) is 19.9. The number of nitrogens with one attached hydrogen (secondary N) is 1. The molecule has 1 aromatic carbocycles. The van der Waals surface area contributed by atoms with Gasteiger partial charge in [0.05, 0.1) is 0 Å². The van der Waals surface area contributed by atoms with E-state index in [2.05, 4.69) is 25.4 Å². The molecular formula is C21H21ClN6O2. The zero-order valence-electron chi connectivity index (χ0n) is 16.2. The number of rotatable bonds is 6. The molecule has 1 aliphatic heterocycles. The summed E-state index contributed by atoms with van der Waals surface area (Å²) in [5.41, 5.74) is 0. The Bertz CT molecular complexity index is 961. The summed E-state index contributed by atoms with van der Waals surface area (Å²) in [6, 6.07) is 16.4. The molecule has 0 aliphatic carbocycles. The molecule has 3 heterocycles. The van der Waals surface area contributed by atoms with Crippen LogP contribution in [0.3, 0.4) is 0 Å². The summed E-state index contributed by atoms with van der Waals surface area (Å²) in [4.78, 5) is 20.5. The predicted molar refractivity (Wildman–Crippen MR) is 115 cm³/mol. The maximum absolute atomic E-state index is 12.4. The second kappa shape index (κ2) is 9.41. The van der Waals surface area contributed by atoms with Gasteiger partial charge in [0.2, 0.25) is 0 Å². The van der Waals surface area contributed by atoms with Crippen molar-refractivity contribution in [1.82, 2.24) is 20.1 Å². The third-order valence-electron chi connectivity index (χ3n) is 4.70. The van der Waals surface area contributed by atoms with Crippen LogP contribution in [0.5, 0.6) is 5.75 Å². The highest BCUT2D eigenvalue weighted by Gasteiger charge is 2.22. The fourth-order valence-electron chi connectivity index (χ4n) is 3.08. The molecule has 0 spiro atoms. The second-order valence-corrected chi connectivity index (χ2v) is 7.16. The summed E-state index contributed by atoms with van der Waals surface area (Å²) in [6.07, 6.45) is 1.71. The third kappa shape index (κ3) is 5.15. The average Bonchev–Trinajstić information content (AvgIpc) is 2.80. The quantitative estimate of drug-likeness (QED) is 0.651. The Morgan fingerprint density at radius 1 is 0.967 bits per heavy atom. The van der Waals surface area contributed by atoms with Gasteiger partial charge in [-0.15, -0.1) is 10.2 Å². The molecule has 8 nitrogen and oxygen atoms in total. The van der Waals surface area contributed by atoms with Crippen LogP contribution in [0.4, 0.5) is 17.5 Å². The van der Waals surface area contributed by atoms with Gasteiger partial charge in [0.15, 0.2) is 18.2 Å². The van der Waals surface area contributed by atoms with Gasteiger partial charge in [-0.2, -0.15) is 0 Å².